The highest BCUT2D eigenvalue weighted by Crippen LogP contribution is 2.32. The first-order valence-electron chi connectivity index (χ1n) is 12.8. The highest BCUT2D eigenvalue weighted by molar-refractivity contribution is 6.02. The second kappa shape index (κ2) is 10.8. The van der Waals surface area contributed by atoms with Crippen LogP contribution in [0.25, 0.3) is 0 Å². The minimum Gasteiger partial charge on any atom is -0.350 e. The predicted octanol–water partition coefficient (Wildman–Crippen LogP) is 2.93. The number of carbonyl (C=O) groups excluding carboxylic acids is 4. The number of nitrogens with one attached hydrogen (secondary N) is 3. The zero-order chi connectivity index (χ0) is 26.8. The van der Waals surface area contributed by atoms with E-state index < -0.39 is 23.5 Å². The maximum Gasteiger partial charge on any atom is 0.255 e. The zero-order valence-electron chi connectivity index (χ0n) is 22.5. The van der Waals surface area contributed by atoms with Crippen molar-refractivity contribution >= 4 is 23.6 Å². The fourth-order valence-electron chi connectivity index (χ4n) is 4.68. The van der Waals surface area contributed by atoms with Gasteiger partial charge in [0.25, 0.3) is 5.91 Å². The molecule has 1 aromatic rings. The minimum atomic E-state index is -0.853. The van der Waals surface area contributed by atoms with E-state index in [1.165, 1.54) is 0 Å². The van der Waals surface area contributed by atoms with Crippen LogP contribution in [0.4, 0.5) is 0 Å². The molecule has 8 heteroatoms. The molecule has 0 unspecified atom stereocenters. The number of amides is 4. The summed E-state index contributed by atoms with van der Waals surface area (Å²) in [7, 11) is 0. The average Bonchev–Trinajstić information content (AvgIpc) is 3.55. The number of hydrogen-bond donors (Lipinski definition) is 3. The third-order valence-electron chi connectivity index (χ3n) is 6.77. The Morgan fingerprint density at radius 2 is 1.67 bits per heavy atom. The largest absolute Gasteiger partial charge is 0.350 e. The topological polar surface area (TPSA) is 108 Å². The van der Waals surface area contributed by atoms with Gasteiger partial charge in [0.05, 0.1) is 6.04 Å². The molecule has 0 aromatic heterocycles. The quantitative estimate of drug-likeness (QED) is 0.457. The van der Waals surface area contributed by atoms with Gasteiger partial charge >= 0.3 is 0 Å². The van der Waals surface area contributed by atoms with Crippen LogP contribution in [0.15, 0.2) is 35.9 Å². The smallest absolute Gasteiger partial charge is 0.255 e. The molecule has 196 valence electrons. The van der Waals surface area contributed by atoms with Crippen LogP contribution in [0.2, 0.25) is 0 Å². The normalized spacial score (nSPS) is 18.4. The van der Waals surface area contributed by atoms with Crippen molar-refractivity contribution in [1.29, 1.82) is 0 Å². The Morgan fingerprint density at radius 3 is 2.19 bits per heavy atom. The van der Waals surface area contributed by atoms with Crippen LogP contribution >= 0.6 is 0 Å². The molecular weight excluding hydrogens is 456 g/mol. The summed E-state index contributed by atoms with van der Waals surface area (Å²) in [5.74, 6) is -1.15. The van der Waals surface area contributed by atoms with E-state index >= 15 is 0 Å². The lowest BCUT2D eigenvalue weighted by Crippen LogP contribution is -2.58. The van der Waals surface area contributed by atoms with Crippen LogP contribution in [0.1, 0.15) is 77.2 Å². The van der Waals surface area contributed by atoms with Gasteiger partial charge < -0.3 is 20.9 Å². The average molecular weight is 497 g/mol. The Labute approximate surface area is 214 Å². The van der Waals surface area contributed by atoms with E-state index in [4.69, 9.17) is 0 Å². The lowest BCUT2D eigenvalue weighted by atomic mass is 9.84. The van der Waals surface area contributed by atoms with Crippen molar-refractivity contribution in [2.75, 3.05) is 0 Å². The van der Waals surface area contributed by atoms with Crippen molar-refractivity contribution in [3.63, 3.8) is 0 Å². The number of fused-ring (bicyclic) bond motifs is 1. The van der Waals surface area contributed by atoms with E-state index in [0.717, 1.165) is 18.4 Å². The highest BCUT2D eigenvalue weighted by Gasteiger charge is 2.43. The Morgan fingerprint density at radius 1 is 1.03 bits per heavy atom. The maximum absolute atomic E-state index is 13.5. The van der Waals surface area contributed by atoms with Crippen molar-refractivity contribution in [2.24, 2.45) is 11.3 Å². The Balaban J connectivity index is 1.71. The molecule has 1 aromatic carbocycles. The summed E-state index contributed by atoms with van der Waals surface area (Å²) >= 11 is 0. The first kappa shape index (κ1) is 27.4. The molecule has 4 amide bonds. The molecule has 1 aliphatic carbocycles. The lowest BCUT2D eigenvalue weighted by molar-refractivity contribution is -0.134. The van der Waals surface area contributed by atoms with Gasteiger partial charge in [0, 0.05) is 23.7 Å². The van der Waals surface area contributed by atoms with Gasteiger partial charge in [-0.05, 0) is 49.7 Å². The van der Waals surface area contributed by atoms with Gasteiger partial charge in [0.15, 0.2) is 0 Å². The van der Waals surface area contributed by atoms with E-state index in [-0.39, 0.29) is 35.6 Å². The van der Waals surface area contributed by atoms with Gasteiger partial charge in [-0.2, -0.15) is 0 Å². The number of nitrogens with zero attached hydrogens (tertiary/aromatic N) is 1. The molecule has 1 heterocycles. The summed E-state index contributed by atoms with van der Waals surface area (Å²) in [6.07, 6.45) is 3.69. The van der Waals surface area contributed by atoms with Gasteiger partial charge in [0.1, 0.15) is 12.1 Å². The van der Waals surface area contributed by atoms with E-state index in [1.54, 1.807) is 30.9 Å². The van der Waals surface area contributed by atoms with Crippen LogP contribution in [0, 0.1) is 11.3 Å². The summed E-state index contributed by atoms with van der Waals surface area (Å²) in [5, 5.41) is 8.76. The van der Waals surface area contributed by atoms with E-state index in [0.29, 0.717) is 17.7 Å². The highest BCUT2D eigenvalue weighted by atomic mass is 16.2. The standard InChI is InChI=1S/C28H40N4O4/c1-8-20(25(34)30-19-13-14-19)22(16(2)3)31-24(33)17(4)29-26(35)23(28(5,6)7)32-15-18-11-9-10-12-21(18)27(32)36/h8-12,16-17,19,22-23H,13-15H2,1-7H3,(H,29,35)(H,30,34)(H,31,33)/t17-,22-,23+/m0/s1. The van der Waals surface area contributed by atoms with Gasteiger partial charge in [-0.1, -0.05) is 58.9 Å². The summed E-state index contributed by atoms with van der Waals surface area (Å²) in [6.45, 7) is 13.3. The number of benzene rings is 1. The van der Waals surface area contributed by atoms with Crippen molar-refractivity contribution in [3.05, 3.63) is 47.0 Å². The minimum absolute atomic E-state index is 0.0314. The molecule has 1 fully saturated rings. The molecule has 0 bridgehead atoms. The summed E-state index contributed by atoms with van der Waals surface area (Å²) in [6, 6.07) is 5.46. The molecule has 0 radical (unpaired) electrons. The van der Waals surface area contributed by atoms with Gasteiger partial charge in [-0.15, -0.1) is 0 Å². The third kappa shape index (κ3) is 6.15. The first-order chi connectivity index (χ1) is 16.8. The maximum atomic E-state index is 13.5. The number of rotatable bonds is 9. The molecule has 0 saturated heterocycles. The van der Waals surface area contributed by atoms with Crippen LogP contribution in [-0.2, 0) is 20.9 Å². The molecular formula is C28H40N4O4. The van der Waals surface area contributed by atoms with Gasteiger partial charge in [-0.3, -0.25) is 19.2 Å². The van der Waals surface area contributed by atoms with Crippen LogP contribution in [0.3, 0.4) is 0 Å². The first-order valence-corrected chi connectivity index (χ1v) is 12.8. The molecule has 1 aliphatic heterocycles. The number of allylic oxidation sites excluding steroid dienone is 1. The van der Waals surface area contributed by atoms with Crippen LogP contribution in [0.5, 0.6) is 0 Å². The fourth-order valence-corrected chi connectivity index (χ4v) is 4.68. The molecule has 1 saturated carbocycles. The molecule has 3 N–H and O–H groups in total. The SMILES string of the molecule is CC=C(C(=O)NC1CC1)[C@@H](NC(=O)[C@H](C)NC(=O)[C@@H](N1Cc2ccccc2C1=O)C(C)(C)C)C(C)C. The molecule has 8 nitrogen and oxygen atoms in total. The molecule has 3 rings (SSSR count). The summed E-state index contributed by atoms with van der Waals surface area (Å²) in [5.41, 5.74) is 1.45. The van der Waals surface area contributed by atoms with Gasteiger partial charge in [-0.25, -0.2) is 0 Å². The summed E-state index contributed by atoms with van der Waals surface area (Å²) in [4.78, 5) is 54.0. The number of hydrogen-bond acceptors (Lipinski definition) is 4. The second-order valence-electron chi connectivity index (χ2n) is 11.3. The fraction of sp³-hybridized carbons (Fsp3) is 0.571. The van der Waals surface area contributed by atoms with Crippen LogP contribution in [-0.4, -0.2) is 52.7 Å². The van der Waals surface area contributed by atoms with Crippen molar-refractivity contribution in [2.45, 2.75) is 92.0 Å². The Bertz CT molecular complexity index is 1050. The molecule has 0 spiro atoms. The van der Waals surface area contributed by atoms with E-state index in [1.807, 2.05) is 52.8 Å². The third-order valence-corrected chi connectivity index (χ3v) is 6.77. The predicted molar refractivity (Wildman–Crippen MR) is 139 cm³/mol. The zero-order valence-corrected chi connectivity index (χ0v) is 22.5. The molecule has 3 atom stereocenters. The Kier molecular flexibility index (Phi) is 8.26. The van der Waals surface area contributed by atoms with Crippen molar-refractivity contribution in [1.82, 2.24) is 20.9 Å². The van der Waals surface area contributed by atoms with Gasteiger partial charge in [0.2, 0.25) is 17.7 Å². The van der Waals surface area contributed by atoms with Crippen molar-refractivity contribution < 1.29 is 19.2 Å². The monoisotopic (exact) mass is 496 g/mol. The molecule has 36 heavy (non-hydrogen) atoms. The molecule has 2 aliphatic rings. The van der Waals surface area contributed by atoms with E-state index in [9.17, 15) is 19.2 Å². The number of carbonyl (C=O) groups is 4. The second-order valence-corrected chi connectivity index (χ2v) is 11.3. The summed E-state index contributed by atoms with van der Waals surface area (Å²) < 4.78 is 0. The van der Waals surface area contributed by atoms with Crippen molar-refractivity contribution in [3.8, 4) is 0 Å². The lowest BCUT2D eigenvalue weighted by Gasteiger charge is -2.37. The Hall–Kier alpha value is -3.16. The van der Waals surface area contributed by atoms with Crippen LogP contribution < -0.4 is 16.0 Å². The van der Waals surface area contributed by atoms with E-state index in [2.05, 4.69) is 16.0 Å².